The van der Waals surface area contributed by atoms with Gasteiger partial charge >= 0.3 is 0 Å². The molecule has 0 bridgehead atoms. The Labute approximate surface area is 82.5 Å². The zero-order chi connectivity index (χ0) is 10.4. The van der Waals surface area contributed by atoms with Crippen LogP contribution in [0.4, 0.5) is 4.39 Å². The third-order valence-electron chi connectivity index (χ3n) is 1.70. The number of ether oxygens (including phenoxy) is 1. The summed E-state index contributed by atoms with van der Waals surface area (Å²) in [6, 6.07) is 0. The molecule has 78 valence electrons. The number of likely N-dealkylation sites (N-methyl/N-ethyl adjacent to an activating group) is 1. The number of aryl methyl sites for hydroxylation is 1. The van der Waals surface area contributed by atoms with Crippen LogP contribution in [0, 0.1) is 12.7 Å². The van der Waals surface area contributed by atoms with Crippen LogP contribution < -0.4 is 10.1 Å². The summed E-state index contributed by atoms with van der Waals surface area (Å²) in [7, 11) is 0. The third-order valence-corrected chi connectivity index (χ3v) is 1.70. The number of hydrogen-bond acceptors (Lipinski definition) is 4. The molecule has 1 aromatic rings. The van der Waals surface area contributed by atoms with E-state index >= 15 is 0 Å². The Morgan fingerprint density at radius 1 is 1.50 bits per heavy atom. The minimum absolute atomic E-state index is 0.0235. The standard InChI is InChI=1S/C9H14FN3O/c1-3-11-4-5-14-9-8(10)7(2)12-6-13-9/h6,11H,3-5H2,1-2H3. The van der Waals surface area contributed by atoms with Crippen molar-refractivity contribution >= 4 is 0 Å². The van der Waals surface area contributed by atoms with E-state index in [9.17, 15) is 4.39 Å². The predicted octanol–water partition coefficient (Wildman–Crippen LogP) is 0.912. The molecule has 1 N–H and O–H groups in total. The summed E-state index contributed by atoms with van der Waals surface area (Å²) in [5.74, 6) is -0.459. The highest BCUT2D eigenvalue weighted by Gasteiger charge is 2.07. The van der Waals surface area contributed by atoms with Crippen molar-refractivity contribution in [2.24, 2.45) is 0 Å². The van der Waals surface area contributed by atoms with Gasteiger partial charge in [0, 0.05) is 6.54 Å². The highest BCUT2D eigenvalue weighted by atomic mass is 19.1. The van der Waals surface area contributed by atoms with E-state index in [0.717, 1.165) is 6.54 Å². The fourth-order valence-corrected chi connectivity index (χ4v) is 0.933. The number of nitrogens with zero attached hydrogens (tertiary/aromatic N) is 2. The van der Waals surface area contributed by atoms with Gasteiger partial charge in [0.2, 0.25) is 5.82 Å². The van der Waals surface area contributed by atoms with Gasteiger partial charge in [-0.25, -0.2) is 4.98 Å². The van der Waals surface area contributed by atoms with E-state index in [0.29, 0.717) is 18.8 Å². The first-order chi connectivity index (χ1) is 6.75. The van der Waals surface area contributed by atoms with Crippen LogP contribution in [-0.2, 0) is 0 Å². The van der Waals surface area contributed by atoms with Crippen molar-refractivity contribution in [3.8, 4) is 5.88 Å². The summed E-state index contributed by atoms with van der Waals surface area (Å²) in [6.07, 6.45) is 1.29. The zero-order valence-electron chi connectivity index (χ0n) is 8.38. The Bertz CT molecular complexity index is 293. The van der Waals surface area contributed by atoms with Crippen molar-refractivity contribution in [1.82, 2.24) is 15.3 Å². The fourth-order valence-electron chi connectivity index (χ4n) is 0.933. The van der Waals surface area contributed by atoms with Crippen molar-refractivity contribution in [1.29, 1.82) is 0 Å². The molecule has 14 heavy (non-hydrogen) atoms. The van der Waals surface area contributed by atoms with Crippen LogP contribution in [0.25, 0.3) is 0 Å². The van der Waals surface area contributed by atoms with Crippen molar-refractivity contribution in [3.05, 3.63) is 17.8 Å². The summed E-state index contributed by atoms with van der Waals surface area (Å²) in [5.41, 5.74) is 0.304. The lowest BCUT2D eigenvalue weighted by molar-refractivity contribution is 0.285. The Morgan fingerprint density at radius 3 is 3.00 bits per heavy atom. The van der Waals surface area contributed by atoms with Crippen LogP contribution in [0.5, 0.6) is 5.88 Å². The quantitative estimate of drug-likeness (QED) is 0.716. The van der Waals surface area contributed by atoms with Gasteiger partial charge in [-0.1, -0.05) is 6.92 Å². The molecule has 0 amide bonds. The van der Waals surface area contributed by atoms with Crippen molar-refractivity contribution in [3.63, 3.8) is 0 Å². The molecular weight excluding hydrogens is 185 g/mol. The van der Waals surface area contributed by atoms with Crippen LogP contribution in [0.2, 0.25) is 0 Å². The van der Waals surface area contributed by atoms with E-state index in [1.54, 1.807) is 6.92 Å². The highest BCUT2D eigenvalue weighted by molar-refractivity contribution is 5.15. The maximum absolute atomic E-state index is 13.2. The SMILES string of the molecule is CCNCCOc1ncnc(C)c1F. The molecule has 0 saturated carbocycles. The van der Waals surface area contributed by atoms with E-state index in [4.69, 9.17) is 4.74 Å². The Hall–Kier alpha value is -1.23. The highest BCUT2D eigenvalue weighted by Crippen LogP contribution is 2.13. The smallest absolute Gasteiger partial charge is 0.253 e. The first-order valence-electron chi connectivity index (χ1n) is 4.56. The molecule has 0 spiro atoms. The average molecular weight is 199 g/mol. The van der Waals surface area contributed by atoms with E-state index < -0.39 is 5.82 Å². The molecular formula is C9H14FN3O. The zero-order valence-corrected chi connectivity index (χ0v) is 8.38. The van der Waals surface area contributed by atoms with Gasteiger partial charge in [-0.2, -0.15) is 9.37 Å². The predicted molar refractivity (Wildman–Crippen MR) is 50.8 cm³/mol. The fraction of sp³-hybridized carbons (Fsp3) is 0.556. The largest absolute Gasteiger partial charge is 0.474 e. The summed E-state index contributed by atoms with van der Waals surface area (Å²) >= 11 is 0. The van der Waals surface area contributed by atoms with Gasteiger partial charge in [0.25, 0.3) is 5.88 Å². The van der Waals surface area contributed by atoms with Gasteiger partial charge in [0.15, 0.2) is 0 Å². The van der Waals surface area contributed by atoms with Gasteiger partial charge in [0.05, 0.1) is 5.69 Å². The molecule has 0 aromatic carbocycles. The molecule has 0 aliphatic carbocycles. The van der Waals surface area contributed by atoms with Gasteiger partial charge in [0.1, 0.15) is 12.9 Å². The minimum atomic E-state index is -0.482. The molecule has 0 aliphatic heterocycles. The summed E-state index contributed by atoms with van der Waals surface area (Å²) < 4.78 is 18.4. The molecule has 0 radical (unpaired) electrons. The second-order valence-corrected chi connectivity index (χ2v) is 2.78. The van der Waals surface area contributed by atoms with Gasteiger partial charge in [-0.3, -0.25) is 0 Å². The second-order valence-electron chi connectivity index (χ2n) is 2.78. The van der Waals surface area contributed by atoms with Gasteiger partial charge in [-0.15, -0.1) is 0 Å². The first-order valence-corrected chi connectivity index (χ1v) is 4.56. The van der Waals surface area contributed by atoms with Crippen LogP contribution in [0.3, 0.4) is 0 Å². The van der Waals surface area contributed by atoms with Crippen molar-refractivity contribution in [2.75, 3.05) is 19.7 Å². The topological polar surface area (TPSA) is 47.0 Å². The second kappa shape index (κ2) is 5.49. The number of halogens is 1. The van der Waals surface area contributed by atoms with E-state index in [1.165, 1.54) is 6.33 Å². The lowest BCUT2D eigenvalue weighted by Crippen LogP contribution is -2.21. The van der Waals surface area contributed by atoms with Crippen molar-refractivity contribution in [2.45, 2.75) is 13.8 Å². The third kappa shape index (κ3) is 2.92. The van der Waals surface area contributed by atoms with E-state index in [-0.39, 0.29) is 5.88 Å². The number of rotatable bonds is 5. The Kier molecular flexibility index (Phi) is 4.25. The van der Waals surface area contributed by atoms with E-state index in [2.05, 4.69) is 15.3 Å². The normalized spacial score (nSPS) is 10.2. The molecule has 1 rings (SSSR count). The first kappa shape index (κ1) is 10.8. The number of hydrogen-bond donors (Lipinski definition) is 1. The Morgan fingerprint density at radius 2 is 2.29 bits per heavy atom. The Balaban J connectivity index is 2.46. The molecule has 0 unspecified atom stereocenters. The average Bonchev–Trinajstić information content (AvgIpc) is 2.19. The molecule has 1 aromatic heterocycles. The lowest BCUT2D eigenvalue weighted by atomic mass is 10.4. The molecule has 0 saturated heterocycles. The summed E-state index contributed by atoms with van der Waals surface area (Å²) in [5, 5.41) is 3.06. The summed E-state index contributed by atoms with van der Waals surface area (Å²) in [4.78, 5) is 7.40. The molecule has 0 fully saturated rings. The van der Waals surface area contributed by atoms with Gasteiger partial charge < -0.3 is 10.1 Å². The van der Waals surface area contributed by atoms with Crippen LogP contribution in [-0.4, -0.2) is 29.7 Å². The van der Waals surface area contributed by atoms with Crippen LogP contribution >= 0.6 is 0 Å². The molecule has 4 nitrogen and oxygen atoms in total. The maximum Gasteiger partial charge on any atom is 0.253 e. The summed E-state index contributed by atoms with van der Waals surface area (Å²) in [6.45, 7) is 5.53. The minimum Gasteiger partial charge on any atom is -0.474 e. The number of nitrogens with one attached hydrogen (secondary N) is 1. The molecule has 0 atom stereocenters. The molecule has 0 aliphatic rings. The molecule has 1 heterocycles. The van der Waals surface area contributed by atoms with E-state index in [1.807, 2.05) is 6.92 Å². The van der Waals surface area contributed by atoms with Crippen LogP contribution in [0.15, 0.2) is 6.33 Å². The maximum atomic E-state index is 13.2. The van der Waals surface area contributed by atoms with Gasteiger partial charge in [-0.05, 0) is 13.5 Å². The van der Waals surface area contributed by atoms with Crippen LogP contribution in [0.1, 0.15) is 12.6 Å². The lowest BCUT2D eigenvalue weighted by Gasteiger charge is -2.06. The molecule has 5 heteroatoms. The number of aromatic nitrogens is 2. The van der Waals surface area contributed by atoms with Crippen molar-refractivity contribution < 1.29 is 9.13 Å². The monoisotopic (exact) mass is 199 g/mol.